The fourth-order valence-corrected chi connectivity index (χ4v) is 0.923. The quantitative estimate of drug-likeness (QED) is 0.287. The van der Waals surface area contributed by atoms with Crippen molar-refractivity contribution < 1.29 is 5.21 Å². The zero-order valence-electron chi connectivity index (χ0n) is 7.20. The molecule has 12 heavy (non-hydrogen) atoms. The first-order valence-corrected chi connectivity index (χ1v) is 3.70. The number of hydrogen-bond acceptors (Lipinski definition) is 3. The Balaban J connectivity index is 3.13. The van der Waals surface area contributed by atoms with Gasteiger partial charge in [0.05, 0.1) is 5.71 Å². The van der Waals surface area contributed by atoms with Gasteiger partial charge in [0.15, 0.2) is 0 Å². The molecule has 0 spiro atoms. The number of benzene rings is 1. The van der Waals surface area contributed by atoms with Gasteiger partial charge in [0.25, 0.3) is 0 Å². The van der Waals surface area contributed by atoms with E-state index in [1.54, 1.807) is 13.0 Å². The normalized spacial score (nSPS) is 11.7. The number of hydrogen-bond donors (Lipinski definition) is 2. The molecule has 0 atom stereocenters. The Labute approximate surface area is 71.5 Å². The Morgan fingerprint density at radius 1 is 1.50 bits per heavy atom. The van der Waals surface area contributed by atoms with Crippen molar-refractivity contribution in [3.63, 3.8) is 0 Å². The minimum Gasteiger partial charge on any atom is -0.411 e. The molecule has 0 heterocycles. The molecule has 3 heteroatoms. The molecule has 64 valence electrons. The van der Waals surface area contributed by atoms with Crippen molar-refractivity contribution in [2.75, 3.05) is 5.73 Å². The van der Waals surface area contributed by atoms with E-state index in [4.69, 9.17) is 10.9 Å². The lowest BCUT2D eigenvalue weighted by Crippen LogP contribution is -1.97. The van der Waals surface area contributed by atoms with Crippen molar-refractivity contribution in [3.8, 4) is 0 Å². The van der Waals surface area contributed by atoms with Crippen LogP contribution in [0.2, 0.25) is 0 Å². The maximum atomic E-state index is 8.50. The SMILES string of the molecule is C/C(=N\O)c1ccc(C)c(N)c1. The molecular weight excluding hydrogens is 152 g/mol. The molecule has 0 amide bonds. The zero-order chi connectivity index (χ0) is 9.14. The van der Waals surface area contributed by atoms with Crippen LogP contribution >= 0.6 is 0 Å². The standard InChI is InChI=1S/C9H12N2O/c1-6-3-4-8(5-9(6)10)7(2)11-12/h3-5,12H,10H2,1-2H3/b11-7+. The summed E-state index contributed by atoms with van der Waals surface area (Å²) in [5.74, 6) is 0. The summed E-state index contributed by atoms with van der Waals surface area (Å²) >= 11 is 0. The highest BCUT2D eigenvalue weighted by atomic mass is 16.4. The van der Waals surface area contributed by atoms with Crippen LogP contribution in [0.3, 0.4) is 0 Å². The second kappa shape index (κ2) is 3.26. The smallest absolute Gasteiger partial charge is 0.0837 e. The van der Waals surface area contributed by atoms with E-state index in [1.807, 2.05) is 19.1 Å². The highest BCUT2D eigenvalue weighted by Crippen LogP contribution is 2.13. The third-order valence-electron chi connectivity index (χ3n) is 1.85. The number of nitrogens with two attached hydrogens (primary N) is 1. The topological polar surface area (TPSA) is 58.6 Å². The molecule has 0 radical (unpaired) electrons. The first-order chi connectivity index (χ1) is 5.65. The van der Waals surface area contributed by atoms with Crippen molar-refractivity contribution in [1.29, 1.82) is 0 Å². The van der Waals surface area contributed by atoms with Crippen molar-refractivity contribution in [3.05, 3.63) is 29.3 Å². The van der Waals surface area contributed by atoms with E-state index in [2.05, 4.69) is 5.16 Å². The van der Waals surface area contributed by atoms with Crippen LogP contribution in [0.5, 0.6) is 0 Å². The third kappa shape index (κ3) is 1.56. The van der Waals surface area contributed by atoms with Gasteiger partial charge in [-0.05, 0) is 25.5 Å². The molecule has 1 rings (SSSR count). The fraction of sp³-hybridized carbons (Fsp3) is 0.222. The van der Waals surface area contributed by atoms with Gasteiger partial charge in [0, 0.05) is 11.3 Å². The summed E-state index contributed by atoms with van der Waals surface area (Å²) in [6.07, 6.45) is 0. The van der Waals surface area contributed by atoms with E-state index in [0.717, 1.165) is 16.8 Å². The first-order valence-electron chi connectivity index (χ1n) is 3.70. The van der Waals surface area contributed by atoms with E-state index < -0.39 is 0 Å². The molecule has 3 nitrogen and oxygen atoms in total. The van der Waals surface area contributed by atoms with Crippen LogP contribution in [0.25, 0.3) is 0 Å². The Morgan fingerprint density at radius 2 is 2.17 bits per heavy atom. The number of nitrogens with zero attached hydrogens (tertiary/aromatic N) is 1. The van der Waals surface area contributed by atoms with Gasteiger partial charge in [-0.3, -0.25) is 0 Å². The van der Waals surface area contributed by atoms with Gasteiger partial charge in [-0.25, -0.2) is 0 Å². The second-order valence-corrected chi connectivity index (χ2v) is 2.76. The average molecular weight is 164 g/mol. The van der Waals surface area contributed by atoms with E-state index in [0.29, 0.717) is 5.71 Å². The minimum absolute atomic E-state index is 0.571. The Hall–Kier alpha value is -1.51. The molecule has 0 aliphatic rings. The molecule has 0 saturated carbocycles. The van der Waals surface area contributed by atoms with Crippen LogP contribution in [0.15, 0.2) is 23.4 Å². The van der Waals surface area contributed by atoms with E-state index >= 15 is 0 Å². The molecule has 0 unspecified atom stereocenters. The molecule has 0 aliphatic carbocycles. The number of rotatable bonds is 1. The summed E-state index contributed by atoms with van der Waals surface area (Å²) in [7, 11) is 0. The van der Waals surface area contributed by atoms with Gasteiger partial charge in [0.2, 0.25) is 0 Å². The van der Waals surface area contributed by atoms with Crippen molar-refractivity contribution in [2.24, 2.45) is 5.16 Å². The molecule has 3 N–H and O–H groups in total. The van der Waals surface area contributed by atoms with Crippen LogP contribution in [-0.2, 0) is 0 Å². The van der Waals surface area contributed by atoms with Crippen LogP contribution in [-0.4, -0.2) is 10.9 Å². The summed E-state index contributed by atoms with van der Waals surface area (Å²) < 4.78 is 0. The predicted octanol–water partition coefficient (Wildman–Crippen LogP) is 1.78. The highest BCUT2D eigenvalue weighted by Gasteiger charge is 1.99. The van der Waals surface area contributed by atoms with Gasteiger partial charge < -0.3 is 10.9 Å². The van der Waals surface area contributed by atoms with E-state index in [9.17, 15) is 0 Å². The van der Waals surface area contributed by atoms with Crippen LogP contribution in [0.4, 0.5) is 5.69 Å². The summed E-state index contributed by atoms with van der Waals surface area (Å²) in [6, 6.07) is 5.57. The average Bonchev–Trinajstić information content (AvgIpc) is 2.08. The van der Waals surface area contributed by atoms with Crippen molar-refractivity contribution in [1.82, 2.24) is 0 Å². The lowest BCUT2D eigenvalue weighted by molar-refractivity contribution is 0.319. The van der Waals surface area contributed by atoms with Gasteiger partial charge in [-0.15, -0.1) is 0 Å². The summed E-state index contributed by atoms with van der Waals surface area (Å²) in [6.45, 7) is 3.66. The van der Waals surface area contributed by atoms with Crippen LogP contribution in [0, 0.1) is 6.92 Å². The second-order valence-electron chi connectivity index (χ2n) is 2.76. The number of aryl methyl sites for hydroxylation is 1. The van der Waals surface area contributed by atoms with E-state index in [1.165, 1.54) is 0 Å². The molecule has 0 fully saturated rings. The Kier molecular flexibility index (Phi) is 2.33. The van der Waals surface area contributed by atoms with Crippen LogP contribution in [0.1, 0.15) is 18.1 Å². The predicted molar refractivity (Wildman–Crippen MR) is 49.6 cm³/mol. The molecule has 0 aliphatic heterocycles. The largest absolute Gasteiger partial charge is 0.411 e. The molecule has 0 saturated heterocycles. The van der Waals surface area contributed by atoms with Gasteiger partial charge >= 0.3 is 0 Å². The monoisotopic (exact) mass is 164 g/mol. The summed E-state index contributed by atoms with van der Waals surface area (Å²) in [4.78, 5) is 0. The van der Waals surface area contributed by atoms with Crippen LogP contribution < -0.4 is 5.73 Å². The number of anilines is 1. The molecule has 0 aromatic heterocycles. The lowest BCUT2D eigenvalue weighted by atomic mass is 10.1. The zero-order valence-corrected chi connectivity index (χ0v) is 7.20. The third-order valence-corrected chi connectivity index (χ3v) is 1.85. The molecule has 1 aromatic rings. The maximum Gasteiger partial charge on any atom is 0.0837 e. The maximum absolute atomic E-state index is 8.50. The van der Waals surface area contributed by atoms with Gasteiger partial charge in [0.1, 0.15) is 0 Å². The van der Waals surface area contributed by atoms with E-state index in [-0.39, 0.29) is 0 Å². The highest BCUT2D eigenvalue weighted by molar-refractivity contribution is 5.99. The van der Waals surface area contributed by atoms with Crippen molar-refractivity contribution in [2.45, 2.75) is 13.8 Å². The van der Waals surface area contributed by atoms with Crippen molar-refractivity contribution >= 4 is 11.4 Å². The summed E-state index contributed by atoms with van der Waals surface area (Å²) in [5, 5.41) is 11.6. The van der Waals surface area contributed by atoms with Gasteiger partial charge in [-0.2, -0.15) is 0 Å². The number of oxime groups is 1. The fourth-order valence-electron chi connectivity index (χ4n) is 0.923. The first kappa shape index (κ1) is 8.59. The molecule has 0 bridgehead atoms. The number of nitrogen functional groups attached to an aromatic ring is 1. The molecular formula is C9H12N2O. The lowest BCUT2D eigenvalue weighted by Gasteiger charge is -2.02. The molecule has 1 aromatic carbocycles. The Bertz CT molecular complexity index is 318. The minimum atomic E-state index is 0.571. The summed E-state index contributed by atoms with van der Waals surface area (Å²) in [5.41, 5.74) is 8.85. The Morgan fingerprint density at radius 3 is 2.67 bits per heavy atom. The van der Waals surface area contributed by atoms with Gasteiger partial charge in [-0.1, -0.05) is 17.3 Å².